The fraction of sp³-hybridized carbons (Fsp3) is 0.513. The van der Waals surface area contributed by atoms with Gasteiger partial charge < -0.3 is 41.5 Å². The van der Waals surface area contributed by atoms with Crippen molar-refractivity contribution < 1.29 is 19.5 Å². The van der Waals surface area contributed by atoms with E-state index in [0.29, 0.717) is 36.3 Å². The molecule has 6 aliphatic rings. The van der Waals surface area contributed by atoms with Crippen molar-refractivity contribution in [3.63, 3.8) is 0 Å². The van der Waals surface area contributed by atoms with Gasteiger partial charge in [-0.3, -0.25) is 24.6 Å². The molecule has 0 saturated carbocycles. The van der Waals surface area contributed by atoms with Crippen LogP contribution < -0.4 is 27.0 Å². The van der Waals surface area contributed by atoms with Crippen LogP contribution in [0, 0.1) is 11.8 Å². The number of hydrogen-bond acceptors (Lipinski definition) is 11. The Morgan fingerprint density at radius 1 is 0.865 bits per heavy atom. The molecular weight excluding hydrogens is 658 g/mol. The van der Waals surface area contributed by atoms with E-state index in [9.17, 15) is 19.5 Å². The molecular formula is C39H53N9O4. The number of carbonyl (C=O) groups excluding carboxylic acids is 3. The second-order valence-corrected chi connectivity index (χ2v) is 14.9. The summed E-state index contributed by atoms with van der Waals surface area (Å²) in [5.41, 5.74) is 15.4. The minimum absolute atomic E-state index is 0.113. The molecule has 3 amide bonds. The van der Waals surface area contributed by atoms with E-state index in [4.69, 9.17) is 5.73 Å². The van der Waals surface area contributed by atoms with Crippen LogP contribution >= 0.6 is 0 Å². The van der Waals surface area contributed by atoms with E-state index in [1.54, 1.807) is 11.0 Å². The Hall–Kier alpha value is -4.59. The zero-order valence-corrected chi connectivity index (χ0v) is 30.2. The summed E-state index contributed by atoms with van der Waals surface area (Å²) >= 11 is 0. The largest absolute Gasteiger partial charge is 0.507 e. The summed E-state index contributed by atoms with van der Waals surface area (Å²) in [6, 6.07) is 13.3. The van der Waals surface area contributed by atoms with Gasteiger partial charge in [0.15, 0.2) is 0 Å². The SMILES string of the molecule is CN.NC1=C(/C=C/c2ccccc2O)N2CCN(CC3CCN(CC4CN(c5ccc6c(c5)C(=O)N(C5CCC(=O)NC5=O)C6)C4)CC3)CC2CN1. The number of anilines is 1. The van der Waals surface area contributed by atoms with Crippen LogP contribution in [-0.4, -0.2) is 127 Å². The number of piperidine rings is 2. The maximum atomic E-state index is 13.3. The Labute approximate surface area is 306 Å². The van der Waals surface area contributed by atoms with E-state index in [1.165, 1.54) is 19.9 Å². The van der Waals surface area contributed by atoms with Crippen LogP contribution in [0.2, 0.25) is 0 Å². The third kappa shape index (κ3) is 7.48. The van der Waals surface area contributed by atoms with Crippen LogP contribution in [-0.2, 0) is 16.1 Å². The lowest BCUT2D eigenvalue weighted by atomic mass is 9.92. The van der Waals surface area contributed by atoms with Crippen molar-refractivity contribution in [3.8, 4) is 5.75 Å². The molecule has 4 fully saturated rings. The first-order valence-corrected chi connectivity index (χ1v) is 18.8. The predicted molar refractivity (Wildman–Crippen MR) is 201 cm³/mol. The van der Waals surface area contributed by atoms with Gasteiger partial charge in [0, 0.05) is 88.1 Å². The van der Waals surface area contributed by atoms with E-state index >= 15 is 0 Å². The number of aromatic hydroxyl groups is 1. The predicted octanol–water partition coefficient (Wildman–Crippen LogP) is 1.31. The molecule has 0 spiro atoms. The first-order chi connectivity index (χ1) is 25.3. The van der Waals surface area contributed by atoms with Gasteiger partial charge in [-0.1, -0.05) is 24.3 Å². The Kier molecular flexibility index (Phi) is 10.7. The Balaban J connectivity index is 0.00000207. The molecule has 6 heterocycles. The number of carbonyl (C=O) groups is 3. The molecule has 13 nitrogen and oxygen atoms in total. The standard InChI is InChI=1S/C38H48N8O4.CH5N/c39-36-32(8-6-27-3-1-2-4-34(27)47)45-16-15-43(24-30(45)18-40-36)19-25-11-13-42(14-12-25)20-26-21-44(22-26)29-7-5-28-23-46(38(50)31(28)17-29)33-9-10-35(48)41-37(33)49;1-2/h1-8,17,25-26,30,33,40,47H,9-16,18-24,39H2,(H,41,48,49);2H2,1H3/b8-6+;. The molecule has 0 bridgehead atoms. The minimum atomic E-state index is -0.580. The van der Waals surface area contributed by atoms with Crippen molar-refractivity contribution in [2.75, 3.05) is 77.4 Å². The number of nitrogens with two attached hydrogens (primary N) is 2. The number of benzene rings is 2. The average molecular weight is 712 g/mol. The summed E-state index contributed by atoms with van der Waals surface area (Å²) < 4.78 is 0. The highest BCUT2D eigenvalue weighted by Gasteiger charge is 2.40. The molecule has 0 aliphatic carbocycles. The van der Waals surface area contributed by atoms with E-state index in [0.717, 1.165) is 93.9 Å². The monoisotopic (exact) mass is 711 g/mol. The maximum Gasteiger partial charge on any atom is 0.255 e. The summed E-state index contributed by atoms with van der Waals surface area (Å²) in [6.07, 6.45) is 7.09. The van der Waals surface area contributed by atoms with E-state index in [-0.39, 0.29) is 29.9 Å². The number of rotatable bonds is 8. The molecule has 6 aliphatic heterocycles. The van der Waals surface area contributed by atoms with Crippen molar-refractivity contribution in [2.24, 2.45) is 23.3 Å². The Morgan fingerprint density at radius 3 is 2.40 bits per heavy atom. The normalized spacial score (nSPS) is 24.7. The second-order valence-electron chi connectivity index (χ2n) is 14.9. The zero-order valence-electron chi connectivity index (χ0n) is 30.2. The van der Waals surface area contributed by atoms with Gasteiger partial charge in [-0.05, 0) is 81.2 Å². The lowest BCUT2D eigenvalue weighted by Gasteiger charge is -2.47. The summed E-state index contributed by atoms with van der Waals surface area (Å²) in [4.78, 5) is 48.9. The van der Waals surface area contributed by atoms with Crippen LogP contribution in [0.25, 0.3) is 6.08 Å². The molecule has 278 valence electrons. The van der Waals surface area contributed by atoms with Crippen molar-refractivity contribution in [2.45, 2.75) is 44.3 Å². The summed E-state index contributed by atoms with van der Waals surface area (Å²) in [5.74, 6) is 1.56. The Bertz CT molecular complexity index is 1710. The molecule has 2 aromatic rings. The van der Waals surface area contributed by atoms with Crippen molar-refractivity contribution in [3.05, 3.63) is 76.7 Å². The fourth-order valence-corrected chi connectivity index (χ4v) is 8.75. The minimum Gasteiger partial charge on any atom is -0.507 e. The summed E-state index contributed by atoms with van der Waals surface area (Å²) in [7, 11) is 1.50. The number of likely N-dealkylation sites (tertiary alicyclic amines) is 1. The lowest BCUT2D eigenvalue weighted by molar-refractivity contribution is -0.136. The quantitative estimate of drug-likeness (QED) is 0.251. The molecule has 2 aromatic carbocycles. The summed E-state index contributed by atoms with van der Waals surface area (Å²) in [5, 5.41) is 16.0. The average Bonchev–Trinajstić information content (AvgIpc) is 3.46. The Morgan fingerprint density at radius 2 is 1.63 bits per heavy atom. The van der Waals surface area contributed by atoms with Crippen molar-refractivity contribution in [1.82, 2.24) is 30.2 Å². The van der Waals surface area contributed by atoms with Gasteiger partial charge in [0.25, 0.3) is 5.91 Å². The van der Waals surface area contributed by atoms with Gasteiger partial charge in [-0.25, -0.2) is 0 Å². The first-order valence-electron chi connectivity index (χ1n) is 18.8. The molecule has 13 heteroatoms. The number of piperazine rings is 1. The summed E-state index contributed by atoms with van der Waals surface area (Å²) in [6.45, 7) is 10.8. The van der Waals surface area contributed by atoms with Gasteiger partial charge in [0.05, 0.1) is 11.7 Å². The number of phenols is 1. The van der Waals surface area contributed by atoms with Crippen LogP contribution in [0.15, 0.2) is 60.1 Å². The second kappa shape index (κ2) is 15.6. The highest BCUT2D eigenvalue weighted by molar-refractivity contribution is 6.05. The number of amides is 3. The number of nitrogens with one attached hydrogen (secondary N) is 2. The molecule has 52 heavy (non-hydrogen) atoms. The molecule has 8 rings (SSSR count). The molecule has 0 radical (unpaired) electrons. The number of fused-ring (bicyclic) bond motifs is 2. The van der Waals surface area contributed by atoms with Crippen molar-refractivity contribution >= 4 is 29.5 Å². The third-order valence-electron chi connectivity index (χ3n) is 11.6. The number of phenolic OH excluding ortho intramolecular Hbond substituents is 1. The smallest absolute Gasteiger partial charge is 0.255 e. The number of hydrogen-bond donors (Lipinski definition) is 5. The number of imide groups is 1. The van der Waals surface area contributed by atoms with Gasteiger partial charge >= 0.3 is 0 Å². The van der Waals surface area contributed by atoms with Crippen molar-refractivity contribution in [1.29, 1.82) is 0 Å². The lowest BCUT2D eigenvalue weighted by Crippen LogP contribution is -2.60. The van der Waals surface area contributed by atoms with E-state index in [1.807, 2.05) is 42.5 Å². The fourth-order valence-electron chi connectivity index (χ4n) is 8.75. The third-order valence-corrected chi connectivity index (χ3v) is 11.6. The highest BCUT2D eigenvalue weighted by Crippen LogP contribution is 2.34. The van der Waals surface area contributed by atoms with Crippen LogP contribution in [0.1, 0.15) is 47.2 Å². The van der Waals surface area contributed by atoms with E-state index in [2.05, 4.69) is 42.0 Å². The number of nitrogens with zero attached hydrogens (tertiary/aromatic N) is 5. The molecule has 0 aromatic heterocycles. The molecule has 7 N–H and O–H groups in total. The van der Waals surface area contributed by atoms with Gasteiger partial charge in [-0.2, -0.15) is 0 Å². The molecule has 2 unspecified atom stereocenters. The number of para-hydroxylation sites is 1. The maximum absolute atomic E-state index is 13.3. The highest BCUT2D eigenvalue weighted by atomic mass is 16.3. The molecule has 4 saturated heterocycles. The molecule has 2 atom stereocenters. The van der Waals surface area contributed by atoms with Crippen LogP contribution in [0.3, 0.4) is 0 Å². The van der Waals surface area contributed by atoms with Crippen LogP contribution in [0.5, 0.6) is 5.75 Å². The zero-order chi connectivity index (χ0) is 36.4. The van der Waals surface area contributed by atoms with Gasteiger partial charge in [-0.15, -0.1) is 0 Å². The van der Waals surface area contributed by atoms with Gasteiger partial charge in [0.1, 0.15) is 17.6 Å². The van der Waals surface area contributed by atoms with E-state index < -0.39 is 6.04 Å². The number of allylic oxidation sites excluding steroid dienone is 1. The topological polar surface area (TPSA) is 164 Å². The van der Waals surface area contributed by atoms with Gasteiger partial charge in [0.2, 0.25) is 11.8 Å². The first kappa shape index (κ1) is 35.8. The van der Waals surface area contributed by atoms with Crippen LogP contribution in [0.4, 0.5) is 5.69 Å².